The minimum Gasteiger partial charge on any atom is -0.494 e. The maximum absolute atomic E-state index is 13.5. The second-order valence-electron chi connectivity index (χ2n) is 6.45. The topological polar surface area (TPSA) is 61.8 Å². The van der Waals surface area contributed by atoms with Crippen LogP contribution in [-0.2, 0) is 9.53 Å². The van der Waals surface area contributed by atoms with Gasteiger partial charge < -0.3 is 14.2 Å². The van der Waals surface area contributed by atoms with Gasteiger partial charge in [-0.1, -0.05) is 37.3 Å². The number of esters is 1. The van der Waals surface area contributed by atoms with Crippen LogP contribution in [0.25, 0.3) is 0 Å². The first-order valence-electron chi connectivity index (χ1n) is 8.84. The molecule has 3 unspecified atom stereocenters. The van der Waals surface area contributed by atoms with Crippen molar-refractivity contribution in [1.82, 2.24) is 0 Å². The van der Waals surface area contributed by atoms with Gasteiger partial charge in [-0.3, -0.25) is 9.59 Å². The lowest BCUT2D eigenvalue weighted by atomic mass is 9.81. The number of carbonyl (C=O) groups excluding carboxylic acids is 2. The highest BCUT2D eigenvalue weighted by Crippen LogP contribution is 2.52. The predicted molar refractivity (Wildman–Crippen MR) is 112 cm³/mol. The van der Waals surface area contributed by atoms with Crippen LogP contribution in [0.15, 0.2) is 45.3 Å². The molecule has 0 spiro atoms. The first-order valence-corrected chi connectivity index (χ1v) is 10.4. The molecule has 5 nitrogen and oxygen atoms in total. The molecule has 2 aromatic carbocycles. The number of benzene rings is 2. The Hall–Kier alpha value is -1.86. The van der Waals surface area contributed by atoms with E-state index in [0.717, 1.165) is 0 Å². The molecule has 0 radical (unpaired) electrons. The van der Waals surface area contributed by atoms with E-state index in [4.69, 9.17) is 14.2 Å². The van der Waals surface area contributed by atoms with Gasteiger partial charge in [0, 0.05) is 11.1 Å². The Morgan fingerprint density at radius 3 is 2.43 bits per heavy atom. The molecule has 0 aromatic heterocycles. The summed E-state index contributed by atoms with van der Waals surface area (Å²) in [5, 5.41) is 0. The van der Waals surface area contributed by atoms with Crippen LogP contribution in [-0.4, -0.2) is 32.1 Å². The van der Waals surface area contributed by atoms with Crippen LogP contribution in [0.2, 0.25) is 0 Å². The normalized spacial score (nSPS) is 18.8. The van der Waals surface area contributed by atoms with E-state index in [1.54, 1.807) is 25.3 Å². The molecular weight excluding hydrogens is 492 g/mol. The van der Waals surface area contributed by atoms with Crippen molar-refractivity contribution in [2.24, 2.45) is 5.92 Å². The zero-order chi connectivity index (χ0) is 20.4. The third-order valence-corrected chi connectivity index (χ3v) is 6.34. The number of carbonyl (C=O) groups is 2. The molecule has 3 rings (SSSR count). The fourth-order valence-corrected chi connectivity index (χ4v) is 5.26. The highest BCUT2D eigenvalue weighted by atomic mass is 79.9. The molecule has 1 aliphatic rings. The summed E-state index contributed by atoms with van der Waals surface area (Å²) < 4.78 is 17.9. The summed E-state index contributed by atoms with van der Waals surface area (Å²) in [6.07, 6.45) is -0.185. The molecule has 0 saturated heterocycles. The van der Waals surface area contributed by atoms with Crippen LogP contribution in [0, 0.1) is 5.92 Å². The van der Waals surface area contributed by atoms with E-state index in [2.05, 4.69) is 31.9 Å². The molecule has 3 atom stereocenters. The number of fused-ring (bicyclic) bond motifs is 1. The summed E-state index contributed by atoms with van der Waals surface area (Å²) in [7, 11) is 2.90. The lowest BCUT2D eigenvalue weighted by Gasteiger charge is -2.25. The summed E-state index contributed by atoms with van der Waals surface area (Å²) >= 11 is 7.04. The zero-order valence-corrected chi connectivity index (χ0v) is 18.9. The van der Waals surface area contributed by atoms with Crippen molar-refractivity contribution in [3.63, 3.8) is 0 Å². The highest BCUT2D eigenvalue weighted by molar-refractivity contribution is 9.11. The van der Waals surface area contributed by atoms with Gasteiger partial charge in [-0.05, 0) is 44.3 Å². The molecule has 0 N–H and O–H groups in total. The molecule has 0 fully saturated rings. The van der Waals surface area contributed by atoms with E-state index in [-0.39, 0.29) is 5.78 Å². The van der Waals surface area contributed by atoms with Crippen molar-refractivity contribution in [2.45, 2.75) is 25.4 Å². The molecule has 0 saturated carbocycles. The Kier molecular flexibility index (Phi) is 6.45. The fraction of sp³-hybridized carbons (Fsp3) is 0.333. The molecule has 28 heavy (non-hydrogen) atoms. The molecule has 0 bridgehead atoms. The average Bonchev–Trinajstić information content (AvgIpc) is 3.07. The number of ether oxygens (including phenoxy) is 3. The van der Waals surface area contributed by atoms with Crippen molar-refractivity contribution in [1.29, 1.82) is 0 Å². The monoisotopic (exact) mass is 510 g/mol. The highest BCUT2D eigenvalue weighted by Gasteiger charge is 2.48. The summed E-state index contributed by atoms with van der Waals surface area (Å²) in [5.41, 5.74) is 1.24. The maximum atomic E-state index is 13.5. The maximum Gasteiger partial charge on any atom is 0.312 e. The molecule has 2 aromatic rings. The van der Waals surface area contributed by atoms with Gasteiger partial charge in [-0.2, -0.15) is 0 Å². The van der Waals surface area contributed by atoms with Gasteiger partial charge in [0.25, 0.3) is 0 Å². The van der Waals surface area contributed by atoms with Crippen molar-refractivity contribution < 1.29 is 23.8 Å². The summed E-state index contributed by atoms with van der Waals surface area (Å²) in [6, 6.07) is 10.8. The van der Waals surface area contributed by atoms with Gasteiger partial charge in [-0.25, -0.2) is 0 Å². The van der Waals surface area contributed by atoms with Crippen LogP contribution >= 0.6 is 31.9 Å². The molecule has 0 amide bonds. The second kappa shape index (κ2) is 8.66. The molecule has 0 aliphatic carbocycles. The fourth-order valence-electron chi connectivity index (χ4n) is 3.61. The van der Waals surface area contributed by atoms with E-state index in [1.807, 2.05) is 25.1 Å². The Bertz CT molecular complexity index is 897. The first-order chi connectivity index (χ1) is 13.4. The number of hydrogen-bond acceptors (Lipinski definition) is 5. The average molecular weight is 512 g/mol. The van der Waals surface area contributed by atoms with Gasteiger partial charge in [0.2, 0.25) is 0 Å². The van der Waals surface area contributed by atoms with Crippen molar-refractivity contribution in [2.75, 3.05) is 14.2 Å². The van der Waals surface area contributed by atoms with Crippen LogP contribution in [0.3, 0.4) is 0 Å². The Labute approximate surface area is 180 Å². The number of ketones is 1. The van der Waals surface area contributed by atoms with E-state index >= 15 is 0 Å². The Balaban J connectivity index is 2.17. The van der Waals surface area contributed by atoms with E-state index in [0.29, 0.717) is 38.0 Å². The number of Topliss-reactive ketones (excluding diaryl/α,β-unsaturated/α-hetero) is 1. The molecule has 1 aliphatic heterocycles. The van der Waals surface area contributed by atoms with Crippen molar-refractivity contribution >= 4 is 43.6 Å². The first kappa shape index (κ1) is 20.9. The van der Waals surface area contributed by atoms with Crippen LogP contribution < -0.4 is 9.47 Å². The number of rotatable bonds is 6. The van der Waals surface area contributed by atoms with Gasteiger partial charge in [0.1, 0.15) is 17.6 Å². The summed E-state index contributed by atoms with van der Waals surface area (Å²) in [6.45, 7) is 1.88. The summed E-state index contributed by atoms with van der Waals surface area (Å²) in [5.74, 6) is -0.643. The Morgan fingerprint density at radius 1 is 1.18 bits per heavy atom. The standard InChI is InChI=1S/C21H20Br2O5/c1-4-12(21(25)27-3)19-16(18(24)11-8-6-5-7-9-11)15-14(28-19)10-13(22)20(26-2)17(15)23/h5-10,12,16,19H,4H2,1-3H3. The van der Waals surface area contributed by atoms with Crippen LogP contribution in [0.1, 0.15) is 35.2 Å². The van der Waals surface area contributed by atoms with Crippen LogP contribution in [0.4, 0.5) is 0 Å². The van der Waals surface area contributed by atoms with Crippen molar-refractivity contribution in [3.8, 4) is 11.5 Å². The van der Waals surface area contributed by atoms with E-state index in [9.17, 15) is 9.59 Å². The van der Waals surface area contributed by atoms with Gasteiger partial charge in [0.15, 0.2) is 5.78 Å². The van der Waals surface area contributed by atoms with Gasteiger partial charge in [-0.15, -0.1) is 0 Å². The quantitative estimate of drug-likeness (QED) is 0.396. The third-order valence-electron chi connectivity index (χ3n) is 4.96. The number of methoxy groups -OCH3 is 2. The largest absolute Gasteiger partial charge is 0.494 e. The molecule has 1 heterocycles. The lowest BCUT2D eigenvalue weighted by molar-refractivity contribution is -0.148. The Morgan fingerprint density at radius 2 is 1.86 bits per heavy atom. The summed E-state index contributed by atoms with van der Waals surface area (Å²) in [4.78, 5) is 25.9. The molecule has 148 valence electrons. The molecule has 7 heteroatoms. The SMILES string of the molecule is CCC(C(=O)OC)C1Oc2cc(Br)c(OC)c(Br)c2C1C(=O)c1ccccc1. The van der Waals surface area contributed by atoms with Gasteiger partial charge >= 0.3 is 5.97 Å². The zero-order valence-electron chi connectivity index (χ0n) is 15.7. The van der Waals surface area contributed by atoms with E-state index < -0.39 is 23.9 Å². The minimum absolute atomic E-state index is 0.114. The molecular formula is C21H20Br2O5. The predicted octanol–water partition coefficient (Wildman–Crippen LogP) is 5.15. The van der Waals surface area contributed by atoms with Crippen LogP contribution in [0.5, 0.6) is 11.5 Å². The van der Waals surface area contributed by atoms with E-state index in [1.165, 1.54) is 7.11 Å². The number of halogens is 2. The van der Waals surface area contributed by atoms with Gasteiger partial charge in [0.05, 0.1) is 35.0 Å². The van der Waals surface area contributed by atoms with Crippen molar-refractivity contribution in [3.05, 3.63) is 56.5 Å². The smallest absolute Gasteiger partial charge is 0.312 e. The lowest BCUT2D eigenvalue weighted by Crippen LogP contribution is -2.37. The second-order valence-corrected chi connectivity index (χ2v) is 8.09. The minimum atomic E-state index is -0.671. The number of hydrogen-bond donors (Lipinski definition) is 0. The third kappa shape index (κ3) is 3.57.